The van der Waals surface area contributed by atoms with Crippen molar-refractivity contribution in [3.63, 3.8) is 0 Å². The van der Waals surface area contributed by atoms with E-state index in [1.807, 2.05) is 38.1 Å². The van der Waals surface area contributed by atoms with E-state index in [2.05, 4.69) is 0 Å². The Kier molecular flexibility index (Phi) is 6.29. The number of hydrogen-bond acceptors (Lipinski definition) is 4. The Hall–Kier alpha value is -2.08. The Labute approximate surface area is 155 Å². The van der Waals surface area contributed by atoms with Gasteiger partial charge in [-0.2, -0.15) is 0 Å². The van der Waals surface area contributed by atoms with Gasteiger partial charge in [-0.25, -0.2) is 0 Å². The van der Waals surface area contributed by atoms with Crippen molar-refractivity contribution in [2.24, 2.45) is 10.8 Å². The molecule has 1 aromatic carbocycles. The van der Waals surface area contributed by atoms with Crippen LogP contribution in [0.15, 0.2) is 24.3 Å². The predicted molar refractivity (Wildman–Crippen MR) is 98.2 cm³/mol. The maximum atomic E-state index is 13.2. The summed E-state index contributed by atoms with van der Waals surface area (Å²) in [5, 5.41) is 9.69. The fourth-order valence-electron chi connectivity index (χ4n) is 3.76. The monoisotopic (exact) mass is 363 g/mol. The second kappa shape index (κ2) is 8.08. The molecule has 144 valence electrons. The molecule has 1 atom stereocenters. The van der Waals surface area contributed by atoms with Crippen LogP contribution in [0.5, 0.6) is 5.75 Å². The summed E-state index contributed by atoms with van der Waals surface area (Å²) in [6.07, 6.45) is 1.70. The number of ether oxygens (including phenoxy) is 2. The van der Waals surface area contributed by atoms with Crippen molar-refractivity contribution in [1.29, 1.82) is 0 Å². The van der Waals surface area contributed by atoms with E-state index in [-0.39, 0.29) is 19.1 Å². The minimum Gasteiger partial charge on any atom is -0.496 e. The predicted octanol–water partition coefficient (Wildman–Crippen LogP) is 2.60. The van der Waals surface area contributed by atoms with Crippen molar-refractivity contribution < 1.29 is 24.2 Å². The number of amides is 1. The second-order valence-electron chi connectivity index (χ2n) is 7.72. The quantitative estimate of drug-likeness (QED) is 0.806. The lowest BCUT2D eigenvalue weighted by molar-refractivity contribution is -0.161. The van der Waals surface area contributed by atoms with Gasteiger partial charge < -0.3 is 19.5 Å². The molecule has 1 aromatic rings. The van der Waals surface area contributed by atoms with Crippen LogP contribution < -0.4 is 4.74 Å². The van der Waals surface area contributed by atoms with Crippen molar-refractivity contribution in [2.45, 2.75) is 33.1 Å². The fraction of sp³-hybridized carbons (Fsp3) is 0.600. The number of carbonyl (C=O) groups is 2. The van der Waals surface area contributed by atoms with Gasteiger partial charge in [0.1, 0.15) is 11.2 Å². The van der Waals surface area contributed by atoms with Gasteiger partial charge in [0.05, 0.1) is 13.7 Å². The number of likely N-dealkylation sites (tertiary alicyclic amines) is 1. The van der Waals surface area contributed by atoms with Gasteiger partial charge in [0.25, 0.3) is 0 Å². The molecule has 6 nitrogen and oxygen atoms in total. The highest BCUT2D eigenvalue weighted by molar-refractivity contribution is 5.84. The highest BCUT2D eigenvalue weighted by Gasteiger charge is 2.46. The smallest absolute Gasteiger partial charge is 0.313 e. The number of benzene rings is 1. The lowest BCUT2D eigenvalue weighted by Gasteiger charge is -2.42. The van der Waals surface area contributed by atoms with Gasteiger partial charge in [0.15, 0.2) is 0 Å². The number of carboxylic acids is 1. The van der Waals surface area contributed by atoms with Crippen molar-refractivity contribution in [1.82, 2.24) is 4.90 Å². The van der Waals surface area contributed by atoms with E-state index in [0.717, 1.165) is 11.3 Å². The molecule has 1 heterocycles. The summed E-state index contributed by atoms with van der Waals surface area (Å²) in [4.78, 5) is 26.7. The molecular formula is C20H29NO5. The Morgan fingerprint density at radius 2 is 1.96 bits per heavy atom. The molecule has 2 rings (SSSR count). The molecule has 0 aliphatic carbocycles. The molecule has 1 fully saturated rings. The standard InChI is InChI=1S/C20H29NO5/c1-19(2,12-15-8-5-6-9-16(15)26-4)17(22)21-11-7-10-20(13-21,14-25-3)18(23)24/h5-6,8-9H,7,10-14H2,1-4H3,(H,23,24). The Balaban J connectivity index is 2.19. The van der Waals surface area contributed by atoms with Crippen LogP contribution in [0.2, 0.25) is 0 Å². The van der Waals surface area contributed by atoms with Gasteiger partial charge >= 0.3 is 5.97 Å². The van der Waals surface area contributed by atoms with Crippen molar-refractivity contribution in [2.75, 3.05) is 33.9 Å². The first-order valence-corrected chi connectivity index (χ1v) is 8.89. The molecule has 1 unspecified atom stereocenters. The van der Waals surface area contributed by atoms with Crippen LogP contribution in [-0.4, -0.2) is 55.8 Å². The van der Waals surface area contributed by atoms with Crippen LogP contribution in [-0.2, 0) is 20.7 Å². The van der Waals surface area contributed by atoms with E-state index in [4.69, 9.17) is 9.47 Å². The topological polar surface area (TPSA) is 76.1 Å². The van der Waals surface area contributed by atoms with Gasteiger partial charge in [0.2, 0.25) is 5.91 Å². The molecule has 0 radical (unpaired) electrons. The fourth-order valence-corrected chi connectivity index (χ4v) is 3.76. The number of carbonyl (C=O) groups excluding carboxylic acids is 1. The highest BCUT2D eigenvalue weighted by atomic mass is 16.5. The zero-order valence-corrected chi connectivity index (χ0v) is 16.1. The Bertz CT molecular complexity index is 653. The summed E-state index contributed by atoms with van der Waals surface area (Å²) < 4.78 is 10.5. The van der Waals surface area contributed by atoms with Crippen LogP contribution in [0, 0.1) is 10.8 Å². The second-order valence-corrected chi connectivity index (χ2v) is 7.72. The molecule has 1 amide bonds. The van der Waals surface area contributed by atoms with E-state index in [1.165, 1.54) is 7.11 Å². The average Bonchev–Trinajstić information content (AvgIpc) is 2.61. The first-order valence-electron chi connectivity index (χ1n) is 8.89. The van der Waals surface area contributed by atoms with Crippen LogP contribution >= 0.6 is 0 Å². The summed E-state index contributed by atoms with van der Waals surface area (Å²) in [7, 11) is 3.11. The summed E-state index contributed by atoms with van der Waals surface area (Å²) in [6, 6.07) is 7.66. The van der Waals surface area contributed by atoms with Gasteiger partial charge in [-0.05, 0) is 30.9 Å². The number of methoxy groups -OCH3 is 2. The summed E-state index contributed by atoms with van der Waals surface area (Å²) in [6.45, 7) is 4.67. The van der Waals surface area contributed by atoms with Crippen molar-refractivity contribution in [3.8, 4) is 5.75 Å². The number of piperidine rings is 1. The van der Waals surface area contributed by atoms with E-state index in [9.17, 15) is 14.7 Å². The van der Waals surface area contributed by atoms with Gasteiger partial charge in [-0.3, -0.25) is 9.59 Å². The maximum Gasteiger partial charge on any atom is 0.313 e. The lowest BCUT2D eigenvalue weighted by atomic mass is 9.78. The molecule has 6 heteroatoms. The molecule has 1 N–H and O–H groups in total. The Morgan fingerprint density at radius 3 is 2.58 bits per heavy atom. The average molecular weight is 363 g/mol. The summed E-state index contributed by atoms with van der Waals surface area (Å²) in [5.74, 6) is -0.185. The minimum atomic E-state index is -1.02. The Morgan fingerprint density at radius 1 is 1.27 bits per heavy atom. The van der Waals surface area contributed by atoms with Crippen molar-refractivity contribution >= 4 is 11.9 Å². The normalized spacial score (nSPS) is 20.7. The molecule has 0 bridgehead atoms. The first-order chi connectivity index (χ1) is 12.3. The largest absolute Gasteiger partial charge is 0.496 e. The van der Waals surface area contributed by atoms with Crippen LogP contribution in [0.1, 0.15) is 32.3 Å². The van der Waals surface area contributed by atoms with Crippen LogP contribution in [0.3, 0.4) is 0 Å². The third kappa shape index (κ3) is 4.18. The van der Waals surface area contributed by atoms with E-state index < -0.39 is 16.8 Å². The molecular weight excluding hydrogens is 334 g/mol. The highest BCUT2D eigenvalue weighted by Crippen LogP contribution is 2.35. The third-order valence-corrected chi connectivity index (χ3v) is 5.14. The van der Waals surface area contributed by atoms with E-state index >= 15 is 0 Å². The summed E-state index contributed by atoms with van der Waals surface area (Å²) >= 11 is 0. The molecule has 1 aliphatic rings. The molecule has 0 aromatic heterocycles. The maximum absolute atomic E-state index is 13.2. The zero-order valence-electron chi connectivity index (χ0n) is 16.1. The van der Waals surface area contributed by atoms with Gasteiger partial charge in [-0.1, -0.05) is 32.0 Å². The van der Waals surface area contributed by atoms with Crippen molar-refractivity contribution in [3.05, 3.63) is 29.8 Å². The number of para-hydroxylation sites is 1. The molecule has 1 aliphatic heterocycles. The SMILES string of the molecule is COCC1(C(=O)O)CCCN(C(=O)C(C)(C)Cc2ccccc2OC)C1. The number of hydrogen-bond donors (Lipinski definition) is 1. The molecule has 1 saturated heterocycles. The summed E-state index contributed by atoms with van der Waals surface area (Å²) in [5.41, 5.74) is -0.723. The van der Waals surface area contributed by atoms with Crippen LogP contribution in [0.25, 0.3) is 0 Å². The number of nitrogens with zero attached hydrogens (tertiary/aromatic N) is 1. The van der Waals surface area contributed by atoms with E-state index in [1.54, 1.807) is 12.0 Å². The number of rotatable bonds is 7. The van der Waals surface area contributed by atoms with Gasteiger partial charge in [0, 0.05) is 25.6 Å². The lowest BCUT2D eigenvalue weighted by Crippen LogP contribution is -2.54. The number of aliphatic carboxylic acids is 1. The van der Waals surface area contributed by atoms with Gasteiger partial charge in [-0.15, -0.1) is 0 Å². The van der Waals surface area contributed by atoms with E-state index in [0.29, 0.717) is 25.8 Å². The third-order valence-electron chi connectivity index (χ3n) is 5.14. The zero-order chi connectivity index (χ0) is 19.4. The number of carboxylic acid groups (broad SMARTS) is 1. The molecule has 0 spiro atoms. The molecule has 0 saturated carbocycles. The first kappa shape index (κ1) is 20.2. The van der Waals surface area contributed by atoms with Crippen LogP contribution in [0.4, 0.5) is 0 Å². The molecule has 26 heavy (non-hydrogen) atoms. The minimum absolute atomic E-state index is 0.0372.